The second-order valence-corrected chi connectivity index (χ2v) is 4.18. The molecule has 1 atom stereocenters. The van der Waals surface area contributed by atoms with Gasteiger partial charge in [-0.2, -0.15) is 0 Å². The minimum Gasteiger partial charge on any atom is -0.370 e. The van der Waals surface area contributed by atoms with Crippen molar-refractivity contribution in [2.75, 3.05) is 0 Å². The van der Waals surface area contributed by atoms with Crippen LogP contribution in [0.2, 0.25) is 0 Å². The molecule has 0 fully saturated rings. The van der Waals surface area contributed by atoms with E-state index in [1.165, 1.54) is 0 Å². The van der Waals surface area contributed by atoms with Crippen molar-refractivity contribution >= 4 is 11.8 Å². The molecule has 1 aromatic heterocycles. The first-order chi connectivity index (χ1) is 8.63. The van der Waals surface area contributed by atoms with Gasteiger partial charge in [-0.05, 0) is 19.3 Å². The predicted octanol–water partition coefficient (Wildman–Crippen LogP) is 1.02. The van der Waals surface area contributed by atoms with Gasteiger partial charge < -0.3 is 16.0 Å². The summed E-state index contributed by atoms with van der Waals surface area (Å²) in [6.07, 6.45) is 6.24. The Balaban J connectivity index is 2.28. The molecule has 4 N–H and O–H groups in total. The molecule has 100 valence electrons. The van der Waals surface area contributed by atoms with Crippen molar-refractivity contribution in [1.29, 1.82) is 0 Å². The van der Waals surface area contributed by atoms with Crippen molar-refractivity contribution in [1.82, 2.24) is 15.3 Å². The topological polar surface area (TPSA) is 101 Å². The number of H-pyrrole nitrogens is 1. The van der Waals surface area contributed by atoms with Crippen LogP contribution in [0, 0.1) is 0 Å². The van der Waals surface area contributed by atoms with E-state index in [9.17, 15) is 9.59 Å². The van der Waals surface area contributed by atoms with Gasteiger partial charge in [-0.15, -0.1) is 0 Å². The lowest BCUT2D eigenvalue weighted by molar-refractivity contribution is -0.122. The van der Waals surface area contributed by atoms with Crippen LogP contribution in [0.15, 0.2) is 12.4 Å². The van der Waals surface area contributed by atoms with E-state index in [4.69, 9.17) is 5.73 Å². The first-order valence-corrected chi connectivity index (χ1v) is 6.20. The SMILES string of the molecule is CCC(NC(=O)CCCCC(N)=O)c1ncc[nH]1. The van der Waals surface area contributed by atoms with Crippen LogP contribution in [0.1, 0.15) is 50.9 Å². The molecule has 0 aliphatic carbocycles. The van der Waals surface area contributed by atoms with Gasteiger partial charge in [0.2, 0.25) is 11.8 Å². The van der Waals surface area contributed by atoms with Crippen molar-refractivity contribution in [2.24, 2.45) is 5.73 Å². The third-order valence-corrected chi connectivity index (χ3v) is 2.67. The average Bonchev–Trinajstić information content (AvgIpc) is 2.85. The number of aromatic amines is 1. The normalized spacial score (nSPS) is 12.1. The third-order valence-electron chi connectivity index (χ3n) is 2.67. The standard InChI is InChI=1S/C12H20N4O2/c1-2-9(12-14-7-8-15-12)16-11(18)6-4-3-5-10(13)17/h7-9H,2-6H2,1H3,(H2,13,17)(H,14,15)(H,16,18). The fraction of sp³-hybridized carbons (Fsp3) is 0.583. The van der Waals surface area contributed by atoms with Crippen LogP contribution in [0.25, 0.3) is 0 Å². The number of carbonyl (C=O) groups excluding carboxylic acids is 2. The monoisotopic (exact) mass is 252 g/mol. The molecule has 0 saturated carbocycles. The summed E-state index contributed by atoms with van der Waals surface area (Å²) in [7, 11) is 0. The van der Waals surface area contributed by atoms with Crippen LogP contribution in [-0.2, 0) is 9.59 Å². The molecule has 2 amide bonds. The molecular weight excluding hydrogens is 232 g/mol. The van der Waals surface area contributed by atoms with E-state index in [1.807, 2.05) is 6.92 Å². The summed E-state index contributed by atoms with van der Waals surface area (Å²) < 4.78 is 0. The minimum atomic E-state index is -0.322. The zero-order chi connectivity index (χ0) is 13.4. The van der Waals surface area contributed by atoms with Crippen molar-refractivity contribution in [3.63, 3.8) is 0 Å². The largest absolute Gasteiger partial charge is 0.370 e. The maximum Gasteiger partial charge on any atom is 0.220 e. The van der Waals surface area contributed by atoms with E-state index in [0.717, 1.165) is 12.2 Å². The number of imidazole rings is 1. The Bertz CT molecular complexity index is 375. The van der Waals surface area contributed by atoms with Gasteiger partial charge in [0.05, 0.1) is 6.04 Å². The number of nitrogens with zero attached hydrogens (tertiary/aromatic N) is 1. The van der Waals surface area contributed by atoms with Gasteiger partial charge in [0, 0.05) is 25.2 Å². The molecule has 1 unspecified atom stereocenters. The molecule has 6 heteroatoms. The first-order valence-electron chi connectivity index (χ1n) is 6.20. The van der Waals surface area contributed by atoms with E-state index < -0.39 is 0 Å². The van der Waals surface area contributed by atoms with Crippen molar-refractivity contribution in [3.05, 3.63) is 18.2 Å². The van der Waals surface area contributed by atoms with E-state index in [2.05, 4.69) is 15.3 Å². The Morgan fingerprint density at radius 3 is 2.72 bits per heavy atom. The molecular formula is C12H20N4O2. The number of nitrogens with one attached hydrogen (secondary N) is 2. The van der Waals surface area contributed by atoms with Crippen LogP contribution in [0.5, 0.6) is 0 Å². The summed E-state index contributed by atoms with van der Waals surface area (Å²) in [6.45, 7) is 1.99. The van der Waals surface area contributed by atoms with Gasteiger partial charge in [0.25, 0.3) is 0 Å². The van der Waals surface area contributed by atoms with Gasteiger partial charge in [0.15, 0.2) is 0 Å². The number of rotatable bonds is 8. The number of unbranched alkanes of at least 4 members (excludes halogenated alkanes) is 1. The molecule has 0 radical (unpaired) electrons. The van der Waals surface area contributed by atoms with Crippen LogP contribution >= 0.6 is 0 Å². The molecule has 1 rings (SSSR count). The highest BCUT2D eigenvalue weighted by Crippen LogP contribution is 2.11. The second kappa shape index (κ2) is 7.47. The number of carbonyl (C=O) groups is 2. The Morgan fingerprint density at radius 2 is 2.17 bits per heavy atom. The summed E-state index contributed by atoms with van der Waals surface area (Å²) in [5, 5.41) is 2.91. The van der Waals surface area contributed by atoms with Gasteiger partial charge in [-0.1, -0.05) is 6.92 Å². The zero-order valence-electron chi connectivity index (χ0n) is 10.6. The average molecular weight is 252 g/mol. The summed E-state index contributed by atoms with van der Waals surface area (Å²) in [5.74, 6) is 0.420. The molecule has 1 aromatic rings. The summed E-state index contributed by atoms with van der Waals surface area (Å²) in [5.41, 5.74) is 5.02. The lowest BCUT2D eigenvalue weighted by Crippen LogP contribution is -2.28. The summed E-state index contributed by atoms with van der Waals surface area (Å²) in [6, 6.07) is -0.0800. The summed E-state index contributed by atoms with van der Waals surface area (Å²) >= 11 is 0. The molecule has 18 heavy (non-hydrogen) atoms. The number of amides is 2. The number of aromatic nitrogens is 2. The predicted molar refractivity (Wildman–Crippen MR) is 67.4 cm³/mol. The fourth-order valence-electron chi connectivity index (χ4n) is 1.68. The molecule has 0 bridgehead atoms. The van der Waals surface area contributed by atoms with E-state index in [1.54, 1.807) is 12.4 Å². The Kier molecular flexibility index (Phi) is 5.90. The van der Waals surface area contributed by atoms with Crippen LogP contribution < -0.4 is 11.1 Å². The number of hydrogen-bond donors (Lipinski definition) is 3. The minimum absolute atomic E-state index is 0.0253. The number of primary amides is 1. The van der Waals surface area contributed by atoms with Crippen molar-refractivity contribution in [2.45, 2.75) is 45.1 Å². The van der Waals surface area contributed by atoms with Gasteiger partial charge in [0.1, 0.15) is 5.82 Å². The van der Waals surface area contributed by atoms with E-state index >= 15 is 0 Å². The first kappa shape index (κ1) is 14.2. The Labute approximate surface area is 106 Å². The maximum atomic E-state index is 11.7. The number of hydrogen-bond acceptors (Lipinski definition) is 3. The highest BCUT2D eigenvalue weighted by molar-refractivity contribution is 5.76. The molecule has 0 aromatic carbocycles. The van der Waals surface area contributed by atoms with E-state index in [-0.39, 0.29) is 17.9 Å². The maximum absolute atomic E-state index is 11.7. The van der Waals surface area contributed by atoms with Crippen LogP contribution in [0.4, 0.5) is 0 Å². The molecule has 0 spiro atoms. The molecule has 0 aliphatic heterocycles. The van der Waals surface area contributed by atoms with Crippen LogP contribution in [0.3, 0.4) is 0 Å². The molecule has 0 aliphatic rings. The van der Waals surface area contributed by atoms with Crippen molar-refractivity contribution in [3.8, 4) is 0 Å². The Hall–Kier alpha value is -1.85. The quantitative estimate of drug-likeness (QED) is 0.602. The number of nitrogens with two attached hydrogens (primary N) is 1. The smallest absolute Gasteiger partial charge is 0.220 e. The van der Waals surface area contributed by atoms with Gasteiger partial charge in [-0.25, -0.2) is 4.98 Å². The van der Waals surface area contributed by atoms with E-state index in [0.29, 0.717) is 25.7 Å². The highest BCUT2D eigenvalue weighted by atomic mass is 16.2. The third kappa shape index (κ3) is 4.99. The molecule has 6 nitrogen and oxygen atoms in total. The fourth-order valence-corrected chi connectivity index (χ4v) is 1.68. The molecule has 1 heterocycles. The molecule has 0 saturated heterocycles. The van der Waals surface area contributed by atoms with Crippen molar-refractivity contribution < 1.29 is 9.59 Å². The Morgan fingerprint density at radius 1 is 1.44 bits per heavy atom. The second-order valence-electron chi connectivity index (χ2n) is 4.18. The summed E-state index contributed by atoms with van der Waals surface area (Å²) in [4.78, 5) is 29.3. The van der Waals surface area contributed by atoms with Gasteiger partial charge in [-0.3, -0.25) is 9.59 Å². The highest BCUT2D eigenvalue weighted by Gasteiger charge is 2.14. The lowest BCUT2D eigenvalue weighted by atomic mass is 10.1. The lowest BCUT2D eigenvalue weighted by Gasteiger charge is -2.14. The van der Waals surface area contributed by atoms with Gasteiger partial charge >= 0.3 is 0 Å². The zero-order valence-corrected chi connectivity index (χ0v) is 10.6. The van der Waals surface area contributed by atoms with Crippen LogP contribution in [-0.4, -0.2) is 21.8 Å².